The number of carbonyl (C=O) groups excluding carboxylic acids is 1. The van der Waals surface area contributed by atoms with Crippen molar-refractivity contribution in [2.45, 2.75) is 26.8 Å². The Morgan fingerprint density at radius 2 is 2.00 bits per heavy atom. The highest BCUT2D eigenvalue weighted by Crippen LogP contribution is 2.07. The molecule has 0 saturated heterocycles. The molecule has 0 fully saturated rings. The molecule has 0 saturated carbocycles. The highest BCUT2D eigenvalue weighted by molar-refractivity contribution is 5.84. The van der Waals surface area contributed by atoms with Gasteiger partial charge in [0.2, 0.25) is 5.76 Å². The van der Waals surface area contributed by atoms with Crippen LogP contribution in [0, 0.1) is 0 Å². The summed E-state index contributed by atoms with van der Waals surface area (Å²) >= 11 is 0. The third-order valence-corrected chi connectivity index (χ3v) is 3.00. The Morgan fingerprint density at radius 3 is 2.57 bits per heavy atom. The van der Waals surface area contributed by atoms with E-state index in [1.165, 1.54) is 12.1 Å². The Balaban J connectivity index is 2.22. The first-order chi connectivity index (χ1) is 10.1. The van der Waals surface area contributed by atoms with Crippen molar-refractivity contribution in [2.75, 3.05) is 26.2 Å². The second-order valence-corrected chi connectivity index (χ2v) is 4.61. The SMILES string of the molecule is CCCN(CC)CCNC(=O)NCc1ccc(C(=O)O)o1. The zero-order valence-corrected chi connectivity index (χ0v) is 12.5. The van der Waals surface area contributed by atoms with Gasteiger partial charge in [0.15, 0.2) is 0 Å². The number of nitrogens with zero attached hydrogens (tertiary/aromatic N) is 1. The predicted octanol–water partition coefficient (Wildman–Crippen LogP) is 1.51. The van der Waals surface area contributed by atoms with Crippen LogP contribution in [0.3, 0.4) is 0 Å². The molecule has 0 aliphatic rings. The molecule has 0 bridgehead atoms. The molecular formula is C14H23N3O4. The number of urea groups is 1. The minimum Gasteiger partial charge on any atom is -0.475 e. The molecule has 0 aliphatic carbocycles. The van der Waals surface area contributed by atoms with Crippen LogP contribution in [0.25, 0.3) is 0 Å². The van der Waals surface area contributed by atoms with Gasteiger partial charge in [-0.25, -0.2) is 9.59 Å². The number of carboxylic acid groups (broad SMARTS) is 1. The van der Waals surface area contributed by atoms with E-state index >= 15 is 0 Å². The molecule has 1 aromatic heterocycles. The zero-order chi connectivity index (χ0) is 15.7. The van der Waals surface area contributed by atoms with Gasteiger partial charge in [-0.15, -0.1) is 0 Å². The maximum absolute atomic E-state index is 11.6. The third-order valence-electron chi connectivity index (χ3n) is 3.00. The molecule has 0 radical (unpaired) electrons. The molecule has 7 nitrogen and oxygen atoms in total. The monoisotopic (exact) mass is 297 g/mol. The third kappa shape index (κ3) is 6.31. The van der Waals surface area contributed by atoms with Crippen LogP contribution in [0.15, 0.2) is 16.5 Å². The number of hydrogen-bond acceptors (Lipinski definition) is 4. The summed E-state index contributed by atoms with van der Waals surface area (Å²) in [6, 6.07) is 2.60. The Hall–Kier alpha value is -2.02. The smallest absolute Gasteiger partial charge is 0.371 e. The lowest BCUT2D eigenvalue weighted by Crippen LogP contribution is -2.40. The summed E-state index contributed by atoms with van der Waals surface area (Å²) in [4.78, 5) is 24.5. The van der Waals surface area contributed by atoms with Crippen molar-refractivity contribution < 1.29 is 19.1 Å². The average molecular weight is 297 g/mol. The molecule has 0 atom stereocenters. The number of furan rings is 1. The van der Waals surface area contributed by atoms with Gasteiger partial charge in [0, 0.05) is 13.1 Å². The summed E-state index contributed by atoms with van der Waals surface area (Å²) in [6.45, 7) is 7.72. The van der Waals surface area contributed by atoms with E-state index in [-0.39, 0.29) is 18.3 Å². The lowest BCUT2D eigenvalue weighted by Gasteiger charge is -2.19. The van der Waals surface area contributed by atoms with E-state index in [1.54, 1.807) is 0 Å². The Bertz CT molecular complexity index is 459. The van der Waals surface area contributed by atoms with Crippen molar-refractivity contribution in [1.29, 1.82) is 0 Å². The van der Waals surface area contributed by atoms with Gasteiger partial charge in [-0.3, -0.25) is 0 Å². The number of likely N-dealkylation sites (N-methyl/N-ethyl adjacent to an activating group) is 1. The van der Waals surface area contributed by atoms with Gasteiger partial charge in [0.25, 0.3) is 0 Å². The number of carboxylic acids is 1. The molecule has 0 aliphatic heterocycles. The van der Waals surface area contributed by atoms with E-state index in [0.29, 0.717) is 12.3 Å². The largest absolute Gasteiger partial charge is 0.475 e. The van der Waals surface area contributed by atoms with Gasteiger partial charge in [-0.05, 0) is 31.6 Å². The summed E-state index contributed by atoms with van der Waals surface area (Å²) in [5.41, 5.74) is 0. The summed E-state index contributed by atoms with van der Waals surface area (Å²) in [7, 11) is 0. The van der Waals surface area contributed by atoms with Crippen molar-refractivity contribution in [1.82, 2.24) is 15.5 Å². The number of carbonyl (C=O) groups is 2. The zero-order valence-electron chi connectivity index (χ0n) is 12.5. The minimum absolute atomic E-state index is 0.134. The normalized spacial score (nSPS) is 10.6. The highest BCUT2D eigenvalue weighted by atomic mass is 16.4. The van der Waals surface area contributed by atoms with Crippen LogP contribution < -0.4 is 10.6 Å². The molecule has 7 heteroatoms. The van der Waals surface area contributed by atoms with E-state index in [9.17, 15) is 9.59 Å². The van der Waals surface area contributed by atoms with Crippen molar-refractivity contribution in [2.24, 2.45) is 0 Å². The van der Waals surface area contributed by atoms with E-state index < -0.39 is 5.97 Å². The predicted molar refractivity (Wildman–Crippen MR) is 78.3 cm³/mol. The van der Waals surface area contributed by atoms with Crippen LogP contribution in [0.1, 0.15) is 36.6 Å². The van der Waals surface area contributed by atoms with E-state index in [0.717, 1.165) is 26.1 Å². The van der Waals surface area contributed by atoms with Crippen molar-refractivity contribution >= 4 is 12.0 Å². The quantitative estimate of drug-likeness (QED) is 0.642. The summed E-state index contributed by atoms with van der Waals surface area (Å²) < 4.78 is 5.04. The van der Waals surface area contributed by atoms with E-state index in [1.807, 2.05) is 0 Å². The van der Waals surface area contributed by atoms with E-state index in [4.69, 9.17) is 9.52 Å². The Morgan fingerprint density at radius 1 is 1.24 bits per heavy atom. The average Bonchev–Trinajstić information content (AvgIpc) is 2.93. The second-order valence-electron chi connectivity index (χ2n) is 4.61. The first-order valence-corrected chi connectivity index (χ1v) is 7.12. The van der Waals surface area contributed by atoms with Gasteiger partial charge in [-0.1, -0.05) is 13.8 Å². The first-order valence-electron chi connectivity index (χ1n) is 7.12. The topological polar surface area (TPSA) is 94.8 Å². The minimum atomic E-state index is -1.12. The standard InChI is InChI=1S/C14H23N3O4/c1-3-8-17(4-2)9-7-15-14(20)16-10-11-5-6-12(21-11)13(18)19/h5-6H,3-4,7-10H2,1-2H3,(H,18,19)(H2,15,16,20). The van der Waals surface area contributed by atoms with Crippen molar-refractivity contribution in [3.05, 3.63) is 23.7 Å². The van der Waals surface area contributed by atoms with Crippen LogP contribution >= 0.6 is 0 Å². The summed E-state index contributed by atoms with van der Waals surface area (Å²) in [6.07, 6.45) is 1.09. The number of hydrogen-bond donors (Lipinski definition) is 3. The fourth-order valence-corrected chi connectivity index (χ4v) is 1.89. The molecule has 3 N–H and O–H groups in total. The van der Waals surface area contributed by atoms with Crippen molar-refractivity contribution in [3.63, 3.8) is 0 Å². The maximum Gasteiger partial charge on any atom is 0.371 e. The maximum atomic E-state index is 11.6. The Labute approximate surface area is 124 Å². The first kappa shape index (κ1) is 17.0. The Kier molecular flexibility index (Phi) is 7.31. The van der Waals surface area contributed by atoms with Gasteiger partial charge in [-0.2, -0.15) is 0 Å². The molecule has 118 valence electrons. The van der Waals surface area contributed by atoms with Crippen LogP contribution in [0.4, 0.5) is 4.79 Å². The van der Waals surface area contributed by atoms with Gasteiger partial charge < -0.3 is 25.1 Å². The molecule has 1 rings (SSSR count). The number of nitrogens with one attached hydrogen (secondary N) is 2. The van der Waals surface area contributed by atoms with Crippen LogP contribution in [-0.2, 0) is 6.54 Å². The second kappa shape index (κ2) is 9.02. The van der Waals surface area contributed by atoms with Crippen LogP contribution in [-0.4, -0.2) is 48.2 Å². The van der Waals surface area contributed by atoms with Crippen LogP contribution in [0.2, 0.25) is 0 Å². The lowest BCUT2D eigenvalue weighted by atomic mass is 10.4. The summed E-state index contributed by atoms with van der Waals surface area (Å²) in [5, 5.41) is 14.1. The molecule has 0 unspecified atom stereocenters. The highest BCUT2D eigenvalue weighted by Gasteiger charge is 2.09. The fraction of sp³-hybridized carbons (Fsp3) is 0.571. The molecule has 21 heavy (non-hydrogen) atoms. The number of rotatable bonds is 9. The molecule has 1 heterocycles. The molecule has 2 amide bonds. The number of amides is 2. The van der Waals surface area contributed by atoms with Crippen molar-refractivity contribution in [3.8, 4) is 0 Å². The molecular weight excluding hydrogens is 274 g/mol. The number of aromatic carboxylic acids is 1. The van der Waals surface area contributed by atoms with Crippen LogP contribution in [0.5, 0.6) is 0 Å². The van der Waals surface area contributed by atoms with Gasteiger partial charge >= 0.3 is 12.0 Å². The molecule has 1 aromatic rings. The van der Waals surface area contributed by atoms with E-state index in [2.05, 4.69) is 29.4 Å². The fourth-order valence-electron chi connectivity index (χ4n) is 1.89. The van der Waals surface area contributed by atoms with Gasteiger partial charge in [0.1, 0.15) is 5.76 Å². The molecule has 0 spiro atoms. The lowest BCUT2D eigenvalue weighted by molar-refractivity contribution is 0.0660. The molecule has 0 aromatic carbocycles. The summed E-state index contributed by atoms with van der Waals surface area (Å²) in [5.74, 6) is -0.852. The van der Waals surface area contributed by atoms with Gasteiger partial charge in [0.05, 0.1) is 6.54 Å².